The quantitative estimate of drug-likeness (QED) is 0.156. The number of ether oxygens (including phenoxy) is 4. The van der Waals surface area contributed by atoms with Crippen LogP contribution in [0.3, 0.4) is 0 Å². The molecule has 212 valence electrons. The topological polar surface area (TPSA) is 90.1 Å². The maximum Gasteiger partial charge on any atom is 0.258 e. The fourth-order valence-corrected chi connectivity index (χ4v) is 4.28. The summed E-state index contributed by atoms with van der Waals surface area (Å²) >= 11 is 0. The number of rotatable bonds is 18. The number of anilines is 2. The van der Waals surface area contributed by atoms with Gasteiger partial charge in [-0.05, 0) is 36.2 Å². The molecule has 0 saturated heterocycles. The summed E-state index contributed by atoms with van der Waals surface area (Å²) in [7, 11) is 0. The van der Waals surface area contributed by atoms with E-state index in [0.717, 1.165) is 46.9 Å². The highest BCUT2D eigenvalue weighted by Crippen LogP contribution is 2.37. The van der Waals surface area contributed by atoms with Gasteiger partial charge in [-0.1, -0.05) is 60.7 Å². The Morgan fingerprint density at radius 3 is 2.05 bits per heavy atom. The molecule has 0 aromatic heterocycles. The first-order valence-corrected chi connectivity index (χ1v) is 13.8. The molecule has 0 saturated carbocycles. The van der Waals surface area contributed by atoms with E-state index in [9.17, 15) is 4.79 Å². The molecule has 8 nitrogen and oxygen atoms in total. The standard InChI is InChI=1S/C32H39N3O5/c1-2-37-18-19-39-22-23-40-21-20-38-17-16-33-24-25-12-14-27(15-13-25)34-31(26-8-4-3-5-9-26)30-28-10-6-7-11-29(28)35-32(30)36/h3-15,33-34H,2,16-24H2,1H3,(H,35,36)/b31-30-. The van der Waals surface area contributed by atoms with Gasteiger partial charge in [0.1, 0.15) is 0 Å². The van der Waals surface area contributed by atoms with Gasteiger partial charge in [-0.2, -0.15) is 0 Å². The normalized spacial score (nSPS) is 13.7. The molecular weight excluding hydrogens is 506 g/mol. The van der Waals surface area contributed by atoms with Crippen LogP contribution in [0.5, 0.6) is 0 Å². The lowest BCUT2D eigenvalue weighted by Crippen LogP contribution is -2.20. The molecule has 3 aromatic carbocycles. The number of fused-ring (bicyclic) bond motifs is 1. The van der Waals surface area contributed by atoms with Crippen LogP contribution in [0.25, 0.3) is 11.3 Å². The van der Waals surface area contributed by atoms with Gasteiger partial charge in [-0.3, -0.25) is 4.79 Å². The lowest BCUT2D eigenvalue weighted by Gasteiger charge is -2.15. The lowest BCUT2D eigenvalue weighted by atomic mass is 10.00. The van der Waals surface area contributed by atoms with E-state index in [4.69, 9.17) is 18.9 Å². The van der Waals surface area contributed by atoms with Gasteiger partial charge in [-0.15, -0.1) is 0 Å². The van der Waals surface area contributed by atoms with E-state index >= 15 is 0 Å². The highest BCUT2D eigenvalue weighted by Gasteiger charge is 2.28. The van der Waals surface area contributed by atoms with Crippen molar-refractivity contribution in [2.45, 2.75) is 13.5 Å². The van der Waals surface area contributed by atoms with Crippen LogP contribution in [0.2, 0.25) is 0 Å². The second kappa shape index (κ2) is 16.5. The monoisotopic (exact) mass is 545 g/mol. The Hall–Kier alpha value is -3.53. The van der Waals surface area contributed by atoms with Crippen LogP contribution < -0.4 is 16.0 Å². The summed E-state index contributed by atoms with van der Waals surface area (Å²) in [6, 6.07) is 25.9. The molecule has 40 heavy (non-hydrogen) atoms. The summed E-state index contributed by atoms with van der Waals surface area (Å²) in [6.45, 7) is 8.24. The average molecular weight is 546 g/mol. The molecule has 3 N–H and O–H groups in total. The first-order valence-electron chi connectivity index (χ1n) is 13.8. The van der Waals surface area contributed by atoms with Crippen LogP contribution in [-0.2, 0) is 30.3 Å². The number of nitrogens with one attached hydrogen (secondary N) is 3. The molecular formula is C32H39N3O5. The average Bonchev–Trinajstić information content (AvgIpc) is 3.32. The summed E-state index contributed by atoms with van der Waals surface area (Å²) < 4.78 is 21.7. The van der Waals surface area contributed by atoms with Gasteiger partial charge >= 0.3 is 0 Å². The van der Waals surface area contributed by atoms with Crippen molar-refractivity contribution >= 4 is 28.6 Å². The lowest BCUT2D eigenvalue weighted by molar-refractivity contribution is -0.110. The minimum absolute atomic E-state index is 0.107. The molecule has 1 heterocycles. The molecule has 4 rings (SSSR count). The van der Waals surface area contributed by atoms with Crippen molar-refractivity contribution < 1.29 is 23.7 Å². The second-order valence-corrected chi connectivity index (χ2v) is 9.15. The maximum absolute atomic E-state index is 13.0. The van der Waals surface area contributed by atoms with E-state index < -0.39 is 0 Å². The molecule has 0 spiro atoms. The Labute approximate surface area is 236 Å². The first kappa shape index (κ1) is 29.5. The van der Waals surface area contributed by atoms with Crippen LogP contribution in [0.15, 0.2) is 78.9 Å². The molecule has 0 fully saturated rings. The Kier molecular flexibility index (Phi) is 12.2. The summed E-state index contributed by atoms with van der Waals surface area (Å²) in [6.07, 6.45) is 0. The second-order valence-electron chi connectivity index (χ2n) is 9.15. The van der Waals surface area contributed by atoms with Crippen LogP contribution in [0.4, 0.5) is 11.4 Å². The van der Waals surface area contributed by atoms with Gasteiger partial charge in [0, 0.05) is 36.6 Å². The van der Waals surface area contributed by atoms with Crippen LogP contribution in [0, 0.1) is 0 Å². The molecule has 0 unspecified atom stereocenters. The molecule has 8 heteroatoms. The summed E-state index contributed by atoms with van der Waals surface area (Å²) in [5, 5.41) is 9.90. The third-order valence-electron chi connectivity index (χ3n) is 6.28. The number of carbonyl (C=O) groups excluding carboxylic acids is 1. The van der Waals surface area contributed by atoms with Gasteiger partial charge in [0.05, 0.1) is 57.5 Å². The predicted octanol–water partition coefficient (Wildman–Crippen LogP) is 4.80. The van der Waals surface area contributed by atoms with Crippen molar-refractivity contribution in [3.05, 3.63) is 95.6 Å². The molecule has 1 aliphatic heterocycles. The van der Waals surface area contributed by atoms with Crippen molar-refractivity contribution in [2.24, 2.45) is 0 Å². The summed E-state index contributed by atoms with van der Waals surface area (Å²) in [4.78, 5) is 13.0. The van der Waals surface area contributed by atoms with Gasteiger partial charge < -0.3 is 34.9 Å². The fraction of sp³-hybridized carbons (Fsp3) is 0.344. The fourth-order valence-electron chi connectivity index (χ4n) is 4.28. The molecule has 3 aromatic rings. The van der Waals surface area contributed by atoms with Crippen molar-refractivity contribution in [3.63, 3.8) is 0 Å². The van der Waals surface area contributed by atoms with Crippen molar-refractivity contribution in [2.75, 3.05) is 70.0 Å². The van der Waals surface area contributed by atoms with E-state index in [0.29, 0.717) is 58.4 Å². The van der Waals surface area contributed by atoms with E-state index in [1.807, 2.05) is 73.7 Å². The zero-order valence-corrected chi connectivity index (χ0v) is 23.1. The first-order chi connectivity index (χ1) is 19.8. The number of hydrogen-bond acceptors (Lipinski definition) is 7. The van der Waals surface area contributed by atoms with Crippen molar-refractivity contribution in [3.8, 4) is 0 Å². The van der Waals surface area contributed by atoms with Gasteiger partial charge in [-0.25, -0.2) is 0 Å². The minimum Gasteiger partial charge on any atom is -0.379 e. The largest absolute Gasteiger partial charge is 0.379 e. The highest BCUT2D eigenvalue weighted by molar-refractivity contribution is 6.37. The molecule has 1 aliphatic rings. The maximum atomic E-state index is 13.0. The molecule has 0 aliphatic carbocycles. The van der Waals surface area contributed by atoms with Crippen molar-refractivity contribution in [1.82, 2.24) is 5.32 Å². The van der Waals surface area contributed by atoms with Crippen LogP contribution >= 0.6 is 0 Å². The number of amides is 1. The van der Waals surface area contributed by atoms with E-state index in [-0.39, 0.29) is 5.91 Å². The molecule has 1 amide bonds. The molecule has 0 bridgehead atoms. The zero-order chi connectivity index (χ0) is 27.8. The Morgan fingerprint density at radius 1 is 0.725 bits per heavy atom. The smallest absolute Gasteiger partial charge is 0.258 e. The Balaban J connectivity index is 1.20. The number of hydrogen-bond donors (Lipinski definition) is 3. The van der Waals surface area contributed by atoms with Gasteiger partial charge in [0.25, 0.3) is 5.91 Å². The minimum atomic E-state index is -0.107. The Bertz CT molecular complexity index is 1210. The van der Waals surface area contributed by atoms with Crippen LogP contribution in [0.1, 0.15) is 23.6 Å². The highest BCUT2D eigenvalue weighted by atomic mass is 16.6. The van der Waals surface area contributed by atoms with E-state index in [2.05, 4.69) is 28.1 Å². The zero-order valence-electron chi connectivity index (χ0n) is 23.1. The molecule has 0 radical (unpaired) electrons. The van der Waals surface area contributed by atoms with Crippen LogP contribution in [-0.4, -0.2) is 65.3 Å². The number of carbonyl (C=O) groups is 1. The van der Waals surface area contributed by atoms with Gasteiger partial charge in [0.2, 0.25) is 0 Å². The third-order valence-corrected chi connectivity index (χ3v) is 6.28. The Morgan fingerprint density at radius 2 is 1.35 bits per heavy atom. The van der Waals surface area contributed by atoms with Crippen molar-refractivity contribution in [1.29, 1.82) is 0 Å². The van der Waals surface area contributed by atoms with Gasteiger partial charge in [0.15, 0.2) is 0 Å². The van der Waals surface area contributed by atoms with E-state index in [1.165, 1.54) is 0 Å². The summed E-state index contributed by atoms with van der Waals surface area (Å²) in [5.74, 6) is -0.107. The number of para-hydroxylation sites is 1. The molecule has 0 atom stereocenters. The third kappa shape index (κ3) is 9.01. The van der Waals surface area contributed by atoms with E-state index in [1.54, 1.807) is 0 Å². The number of benzene rings is 3. The SMILES string of the molecule is CCOCCOCCOCCOCCNCc1ccc(N/C(=C2\C(=O)Nc3ccccc32)c2ccccc2)cc1. The predicted molar refractivity (Wildman–Crippen MR) is 159 cm³/mol. The summed E-state index contributed by atoms with van der Waals surface area (Å²) in [5.41, 5.74) is 6.18.